The van der Waals surface area contributed by atoms with E-state index in [1.165, 1.54) is 12.5 Å². The average molecular weight is 493 g/mol. The normalized spacial score (nSPS) is 10.6. The van der Waals surface area contributed by atoms with E-state index < -0.39 is 11.8 Å². The second-order valence-corrected chi connectivity index (χ2v) is 7.81. The van der Waals surface area contributed by atoms with Crippen molar-refractivity contribution in [1.29, 1.82) is 0 Å². The van der Waals surface area contributed by atoms with E-state index >= 15 is 0 Å². The van der Waals surface area contributed by atoms with Crippen LogP contribution in [-0.2, 0) is 20.9 Å². The Morgan fingerprint density at radius 1 is 0.972 bits per heavy atom. The van der Waals surface area contributed by atoms with Gasteiger partial charge in [0, 0.05) is 5.69 Å². The van der Waals surface area contributed by atoms with Crippen LogP contribution in [0.15, 0.2) is 64.3 Å². The molecule has 3 rings (SSSR count). The number of furan rings is 1. The molecule has 0 aliphatic heterocycles. The van der Waals surface area contributed by atoms with Crippen LogP contribution in [0.5, 0.6) is 11.5 Å². The van der Waals surface area contributed by atoms with Gasteiger partial charge >= 0.3 is 11.8 Å². The Labute approximate surface area is 208 Å². The third kappa shape index (κ3) is 8.01. The lowest BCUT2D eigenvalue weighted by molar-refractivity contribution is -0.139. The zero-order valence-corrected chi connectivity index (χ0v) is 20.3. The molecule has 3 amide bonds. The van der Waals surface area contributed by atoms with Gasteiger partial charge in [-0.2, -0.15) is 5.10 Å². The first-order chi connectivity index (χ1) is 17.3. The first-order valence-corrected chi connectivity index (χ1v) is 11.3. The number of aryl methyl sites for hydroxylation is 2. The predicted octanol–water partition coefficient (Wildman–Crippen LogP) is 3.08. The lowest BCUT2D eigenvalue weighted by Gasteiger charge is -2.13. The van der Waals surface area contributed by atoms with Gasteiger partial charge in [-0.25, -0.2) is 5.43 Å². The summed E-state index contributed by atoms with van der Waals surface area (Å²) in [6, 6.07) is 14.1. The van der Waals surface area contributed by atoms with Crippen molar-refractivity contribution >= 4 is 29.6 Å². The highest BCUT2D eigenvalue weighted by Gasteiger charge is 2.13. The fraction of sp³-hybridized carbons (Fsp3) is 0.231. The van der Waals surface area contributed by atoms with Gasteiger partial charge in [-0.3, -0.25) is 14.4 Å². The van der Waals surface area contributed by atoms with Crippen LogP contribution < -0.4 is 25.5 Å². The van der Waals surface area contributed by atoms with Crippen LogP contribution in [-0.4, -0.2) is 37.1 Å². The van der Waals surface area contributed by atoms with Gasteiger partial charge < -0.3 is 24.5 Å². The Bertz CT molecular complexity index is 1220. The molecule has 2 aromatic carbocycles. The SMILES string of the molecule is CCOc1cc(/C=N\NC(=O)C(=O)NCc2ccco2)ccc1OCC(=O)Nc1cc(C)cc(C)c1. The molecule has 0 saturated carbocycles. The summed E-state index contributed by atoms with van der Waals surface area (Å²) in [6.07, 6.45) is 2.83. The third-order valence-electron chi connectivity index (χ3n) is 4.72. The number of nitrogens with one attached hydrogen (secondary N) is 3. The van der Waals surface area contributed by atoms with Gasteiger partial charge in [-0.1, -0.05) is 6.07 Å². The fourth-order valence-electron chi connectivity index (χ4n) is 3.26. The summed E-state index contributed by atoms with van der Waals surface area (Å²) in [4.78, 5) is 36.1. The molecule has 0 saturated heterocycles. The van der Waals surface area contributed by atoms with Crippen molar-refractivity contribution in [3.05, 3.63) is 77.2 Å². The van der Waals surface area contributed by atoms with Gasteiger partial charge in [0.25, 0.3) is 5.91 Å². The van der Waals surface area contributed by atoms with Gasteiger partial charge in [0.15, 0.2) is 18.1 Å². The van der Waals surface area contributed by atoms with Crippen molar-refractivity contribution in [3.8, 4) is 11.5 Å². The van der Waals surface area contributed by atoms with E-state index in [1.807, 2.05) is 39.0 Å². The molecular weight excluding hydrogens is 464 g/mol. The molecule has 0 fully saturated rings. The van der Waals surface area contributed by atoms with E-state index in [-0.39, 0.29) is 19.1 Å². The van der Waals surface area contributed by atoms with Crippen LogP contribution in [0.2, 0.25) is 0 Å². The number of benzene rings is 2. The minimum absolute atomic E-state index is 0.0881. The zero-order valence-electron chi connectivity index (χ0n) is 20.3. The van der Waals surface area contributed by atoms with E-state index in [0.717, 1.165) is 11.1 Å². The lowest BCUT2D eigenvalue weighted by Crippen LogP contribution is -2.37. The van der Waals surface area contributed by atoms with Crippen molar-refractivity contribution in [2.24, 2.45) is 5.10 Å². The highest BCUT2D eigenvalue weighted by atomic mass is 16.5. The Kier molecular flexibility index (Phi) is 9.21. The number of hydrogen-bond donors (Lipinski definition) is 3. The van der Waals surface area contributed by atoms with Gasteiger partial charge in [0.2, 0.25) is 0 Å². The topological polar surface area (TPSA) is 131 Å². The van der Waals surface area contributed by atoms with Crippen LogP contribution >= 0.6 is 0 Å². The molecule has 0 unspecified atom stereocenters. The van der Waals surface area contributed by atoms with Gasteiger partial charge in [-0.05, 0) is 79.9 Å². The van der Waals surface area contributed by atoms with E-state index in [9.17, 15) is 14.4 Å². The summed E-state index contributed by atoms with van der Waals surface area (Å²) in [6.45, 7) is 5.99. The van der Waals surface area contributed by atoms with Crippen LogP contribution in [0.3, 0.4) is 0 Å². The van der Waals surface area contributed by atoms with E-state index in [4.69, 9.17) is 13.9 Å². The lowest BCUT2D eigenvalue weighted by atomic mass is 10.1. The third-order valence-corrected chi connectivity index (χ3v) is 4.72. The van der Waals surface area contributed by atoms with Crippen molar-refractivity contribution in [1.82, 2.24) is 10.7 Å². The maximum absolute atomic E-state index is 12.3. The molecule has 3 aromatic rings. The van der Waals surface area contributed by atoms with Crippen molar-refractivity contribution < 1.29 is 28.3 Å². The maximum atomic E-state index is 12.3. The van der Waals surface area contributed by atoms with Gasteiger partial charge in [0.1, 0.15) is 5.76 Å². The molecule has 1 aromatic heterocycles. The Morgan fingerprint density at radius 2 is 1.75 bits per heavy atom. The summed E-state index contributed by atoms with van der Waals surface area (Å²) < 4.78 is 16.4. The van der Waals surface area contributed by atoms with Gasteiger partial charge in [-0.15, -0.1) is 0 Å². The number of ether oxygens (including phenoxy) is 2. The number of carbonyl (C=O) groups excluding carboxylic acids is 3. The molecule has 0 spiro atoms. The average Bonchev–Trinajstić information content (AvgIpc) is 3.35. The van der Waals surface area contributed by atoms with Crippen molar-refractivity contribution in [3.63, 3.8) is 0 Å². The van der Waals surface area contributed by atoms with Crippen LogP contribution in [0.25, 0.3) is 0 Å². The predicted molar refractivity (Wildman–Crippen MR) is 134 cm³/mol. The number of amides is 3. The molecule has 0 aliphatic carbocycles. The molecule has 0 radical (unpaired) electrons. The second kappa shape index (κ2) is 12.7. The molecule has 188 valence electrons. The molecule has 1 heterocycles. The number of anilines is 1. The molecule has 10 nitrogen and oxygen atoms in total. The van der Waals surface area contributed by atoms with Crippen molar-refractivity contribution in [2.45, 2.75) is 27.3 Å². The van der Waals surface area contributed by atoms with E-state index in [1.54, 1.807) is 30.3 Å². The number of rotatable bonds is 10. The molecule has 36 heavy (non-hydrogen) atoms. The van der Waals surface area contributed by atoms with Crippen LogP contribution in [0.4, 0.5) is 5.69 Å². The molecular formula is C26H28N4O6. The molecule has 3 N–H and O–H groups in total. The monoisotopic (exact) mass is 492 g/mol. The fourth-order valence-corrected chi connectivity index (χ4v) is 3.26. The standard InChI is InChI=1S/C26H28N4O6/c1-4-34-23-13-19(14-28-30-26(33)25(32)27-15-21-6-5-9-35-21)7-8-22(23)36-16-24(31)29-20-11-17(2)10-18(3)12-20/h5-14H,4,15-16H2,1-3H3,(H,27,32)(H,29,31)(H,30,33)/b28-14-. The molecule has 10 heteroatoms. The van der Waals surface area contributed by atoms with E-state index in [0.29, 0.717) is 35.1 Å². The Balaban J connectivity index is 1.53. The minimum atomic E-state index is -0.919. The quantitative estimate of drug-likeness (QED) is 0.226. The summed E-state index contributed by atoms with van der Waals surface area (Å²) in [5, 5.41) is 9.04. The summed E-state index contributed by atoms with van der Waals surface area (Å²) in [7, 11) is 0. The number of nitrogens with zero attached hydrogens (tertiary/aromatic N) is 1. The summed E-state index contributed by atoms with van der Waals surface area (Å²) in [5.41, 5.74) is 5.55. The summed E-state index contributed by atoms with van der Waals surface area (Å²) >= 11 is 0. The van der Waals surface area contributed by atoms with Crippen molar-refractivity contribution in [2.75, 3.05) is 18.5 Å². The first kappa shape index (κ1) is 26.0. The number of carbonyl (C=O) groups is 3. The highest BCUT2D eigenvalue weighted by Crippen LogP contribution is 2.28. The zero-order chi connectivity index (χ0) is 25.9. The van der Waals surface area contributed by atoms with Crippen LogP contribution in [0, 0.1) is 13.8 Å². The van der Waals surface area contributed by atoms with E-state index in [2.05, 4.69) is 21.2 Å². The molecule has 0 atom stereocenters. The largest absolute Gasteiger partial charge is 0.490 e. The van der Waals surface area contributed by atoms with Gasteiger partial charge in [0.05, 0.1) is 25.6 Å². The molecule has 0 bridgehead atoms. The highest BCUT2D eigenvalue weighted by molar-refractivity contribution is 6.35. The second-order valence-electron chi connectivity index (χ2n) is 7.81. The summed E-state index contributed by atoms with van der Waals surface area (Å²) in [5.74, 6) is -0.762. The minimum Gasteiger partial charge on any atom is -0.490 e. The Morgan fingerprint density at radius 3 is 2.44 bits per heavy atom. The smallest absolute Gasteiger partial charge is 0.329 e. The first-order valence-electron chi connectivity index (χ1n) is 11.3. The van der Waals surface area contributed by atoms with Crippen LogP contribution in [0.1, 0.15) is 29.4 Å². The number of hydrazone groups is 1. The maximum Gasteiger partial charge on any atom is 0.329 e. The number of hydrogen-bond acceptors (Lipinski definition) is 7. The Hall–Kier alpha value is -4.60. The molecule has 0 aliphatic rings.